The quantitative estimate of drug-likeness (QED) is 0.676. The highest BCUT2D eigenvalue weighted by Crippen LogP contribution is 2.12. The van der Waals surface area contributed by atoms with Gasteiger partial charge < -0.3 is 4.90 Å². The van der Waals surface area contributed by atoms with Crippen LogP contribution in [0, 0.1) is 6.92 Å². The van der Waals surface area contributed by atoms with Crippen molar-refractivity contribution in [3.8, 4) is 0 Å². The number of aryl methyl sites for hydroxylation is 1. The number of hydrogen-bond donors (Lipinski definition) is 0. The zero-order valence-electron chi connectivity index (χ0n) is 14.4. The fraction of sp³-hybridized carbons (Fsp3) is 0.182. The van der Waals surface area contributed by atoms with E-state index in [-0.39, 0.29) is 5.91 Å². The maximum atomic E-state index is 13.0. The van der Waals surface area contributed by atoms with E-state index < -0.39 is 0 Å². The highest BCUT2D eigenvalue weighted by molar-refractivity contribution is 5.94. The van der Waals surface area contributed by atoms with E-state index in [1.54, 1.807) is 6.20 Å². The molecule has 1 aromatic heterocycles. The van der Waals surface area contributed by atoms with Crippen molar-refractivity contribution < 1.29 is 4.79 Å². The Kier molecular flexibility index (Phi) is 5.57. The molecule has 25 heavy (non-hydrogen) atoms. The van der Waals surface area contributed by atoms with Gasteiger partial charge in [-0.25, -0.2) is 0 Å². The van der Waals surface area contributed by atoms with Gasteiger partial charge >= 0.3 is 0 Å². The van der Waals surface area contributed by atoms with Crippen LogP contribution in [0.3, 0.4) is 0 Å². The van der Waals surface area contributed by atoms with Gasteiger partial charge in [0.15, 0.2) is 0 Å². The molecule has 3 heteroatoms. The standard InChI is InChI=1S/C22H22N2O/c1-18-10-12-20(13-11-18)22(25)24(17-19-7-3-2-4-8-19)16-14-21-9-5-6-15-23-21/h2-13,15H,14,16-17H2,1H3. The van der Waals surface area contributed by atoms with Gasteiger partial charge in [-0.05, 0) is 36.8 Å². The summed E-state index contributed by atoms with van der Waals surface area (Å²) in [4.78, 5) is 19.2. The Bertz CT molecular complexity index is 798. The van der Waals surface area contributed by atoms with Crippen molar-refractivity contribution in [2.75, 3.05) is 6.54 Å². The number of pyridine rings is 1. The first-order chi connectivity index (χ1) is 12.2. The second kappa shape index (κ2) is 8.25. The molecule has 0 aliphatic heterocycles. The lowest BCUT2D eigenvalue weighted by atomic mass is 10.1. The highest BCUT2D eigenvalue weighted by Gasteiger charge is 2.16. The third-order valence-electron chi connectivity index (χ3n) is 4.17. The van der Waals surface area contributed by atoms with Gasteiger partial charge in [-0.2, -0.15) is 0 Å². The average molecular weight is 330 g/mol. The molecule has 1 amide bonds. The Balaban J connectivity index is 1.77. The van der Waals surface area contributed by atoms with Gasteiger partial charge in [0.25, 0.3) is 5.91 Å². The second-order valence-corrected chi connectivity index (χ2v) is 6.15. The normalized spacial score (nSPS) is 10.4. The Labute approximate surface area is 149 Å². The fourth-order valence-electron chi connectivity index (χ4n) is 2.73. The van der Waals surface area contributed by atoms with Gasteiger partial charge in [-0.15, -0.1) is 0 Å². The van der Waals surface area contributed by atoms with Crippen LogP contribution >= 0.6 is 0 Å². The Morgan fingerprint density at radius 3 is 2.32 bits per heavy atom. The van der Waals surface area contributed by atoms with E-state index in [9.17, 15) is 4.79 Å². The fourth-order valence-corrected chi connectivity index (χ4v) is 2.73. The summed E-state index contributed by atoms with van der Waals surface area (Å²) in [5.74, 6) is 0.0554. The summed E-state index contributed by atoms with van der Waals surface area (Å²) in [6.07, 6.45) is 2.53. The summed E-state index contributed by atoms with van der Waals surface area (Å²) in [6.45, 7) is 3.26. The van der Waals surface area contributed by atoms with Gasteiger partial charge in [0.05, 0.1) is 0 Å². The summed E-state index contributed by atoms with van der Waals surface area (Å²) in [6, 6.07) is 23.7. The van der Waals surface area contributed by atoms with E-state index in [1.807, 2.05) is 72.5 Å². The number of carbonyl (C=O) groups is 1. The topological polar surface area (TPSA) is 33.2 Å². The van der Waals surface area contributed by atoms with Crippen LogP contribution < -0.4 is 0 Å². The van der Waals surface area contributed by atoms with Gasteiger partial charge in [0.1, 0.15) is 0 Å². The van der Waals surface area contributed by atoms with Crippen molar-refractivity contribution in [3.05, 3.63) is 101 Å². The van der Waals surface area contributed by atoms with E-state index in [0.29, 0.717) is 13.1 Å². The van der Waals surface area contributed by atoms with Crippen molar-refractivity contribution in [1.82, 2.24) is 9.88 Å². The Hall–Kier alpha value is -2.94. The number of amides is 1. The molecule has 0 bridgehead atoms. The minimum atomic E-state index is 0.0554. The molecule has 0 aliphatic carbocycles. The van der Waals surface area contributed by atoms with Gasteiger partial charge in [-0.3, -0.25) is 9.78 Å². The van der Waals surface area contributed by atoms with Crippen LogP contribution in [-0.2, 0) is 13.0 Å². The molecule has 0 saturated carbocycles. The van der Waals surface area contributed by atoms with E-state index in [0.717, 1.165) is 28.8 Å². The third kappa shape index (κ3) is 4.77. The molecule has 3 nitrogen and oxygen atoms in total. The SMILES string of the molecule is Cc1ccc(C(=O)N(CCc2ccccn2)Cc2ccccc2)cc1. The predicted octanol–water partition coefficient (Wildman–Crippen LogP) is 4.28. The summed E-state index contributed by atoms with van der Waals surface area (Å²) in [5, 5.41) is 0. The first kappa shape index (κ1) is 16.9. The molecule has 3 rings (SSSR count). The summed E-state index contributed by atoms with van der Waals surface area (Å²) in [7, 11) is 0. The summed E-state index contributed by atoms with van der Waals surface area (Å²) < 4.78 is 0. The first-order valence-electron chi connectivity index (χ1n) is 8.52. The van der Waals surface area contributed by atoms with Crippen molar-refractivity contribution in [1.29, 1.82) is 0 Å². The second-order valence-electron chi connectivity index (χ2n) is 6.15. The number of benzene rings is 2. The molecule has 0 atom stereocenters. The number of rotatable bonds is 6. The minimum absolute atomic E-state index is 0.0554. The van der Waals surface area contributed by atoms with Crippen molar-refractivity contribution in [2.45, 2.75) is 19.9 Å². The molecule has 0 saturated heterocycles. The van der Waals surface area contributed by atoms with Crippen LogP contribution in [0.5, 0.6) is 0 Å². The van der Waals surface area contributed by atoms with Crippen molar-refractivity contribution in [3.63, 3.8) is 0 Å². The molecular formula is C22H22N2O. The molecule has 1 heterocycles. The van der Waals surface area contributed by atoms with Crippen LogP contribution in [0.1, 0.15) is 27.2 Å². The lowest BCUT2D eigenvalue weighted by Gasteiger charge is -2.23. The monoisotopic (exact) mass is 330 g/mol. The first-order valence-corrected chi connectivity index (χ1v) is 8.52. The van der Waals surface area contributed by atoms with Crippen LogP contribution in [0.2, 0.25) is 0 Å². The molecule has 0 N–H and O–H groups in total. The molecule has 0 unspecified atom stereocenters. The zero-order valence-corrected chi connectivity index (χ0v) is 14.4. The maximum absolute atomic E-state index is 13.0. The van der Waals surface area contributed by atoms with E-state index in [1.165, 1.54) is 0 Å². The highest BCUT2D eigenvalue weighted by atomic mass is 16.2. The van der Waals surface area contributed by atoms with Crippen LogP contribution in [0.15, 0.2) is 79.0 Å². The molecule has 3 aromatic rings. The van der Waals surface area contributed by atoms with E-state index in [4.69, 9.17) is 0 Å². The lowest BCUT2D eigenvalue weighted by Crippen LogP contribution is -2.32. The minimum Gasteiger partial charge on any atom is -0.334 e. The average Bonchev–Trinajstić information content (AvgIpc) is 2.67. The van der Waals surface area contributed by atoms with Crippen LogP contribution in [0.4, 0.5) is 0 Å². The summed E-state index contributed by atoms with van der Waals surface area (Å²) >= 11 is 0. The van der Waals surface area contributed by atoms with Crippen LogP contribution in [0.25, 0.3) is 0 Å². The number of nitrogens with zero attached hydrogens (tertiary/aromatic N) is 2. The molecule has 0 fully saturated rings. The number of aromatic nitrogens is 1. The zero-order chi connectivity index (χ0) is 17.5. The smallest absolute Gasteiger partial charge is 0.254 e. The molecule has 126 valence electrons. The van der Waals surface area contributed by atoms with Crippen molar-refractivity contribution in [2.24, 2.45) is 0 Å². The Morgan fingerprint density at radius 2 is 1.64 bits per heavy atom. The lowest BCUT2D eigenvalue weighted by molar-refractivity contribution is 0.0744. The predicted molar refractivity (Wildman–Crippen MR) is 100 cm³/mol. The molecule has 0 radical (unpaired) electrons. The van der Waals surface area contributed by atoms with Gasteiger partial charge in [0.2, 0.25) is 0 Å². The summed E-state index contributed by atoms with van der Waals surface area (Å²) in [5.41, 5.74) is 4.00. The van der Waals surface area contributed by atoms with Crippen LogP contribution in [-0.4, -0.2) is 22.3 Å². The van der Waals surface area contributed by atoms with E-state index in [2.05, 4.69) is 17.1 Å². The van der Waals surface area contributed by atoms with Gasteiger partial charge in [-0.1, -0.05) is 54.1 Å². The largest absolute Gasteiger partial charge is 0.334 e. The number of carbonyl (C=O) groups excluding carboxylic acids is 1. The maximum Gasteiger partial charge on any atom is 0.254 e. The number of hydrogen-bond acceptors (Lipinski definition) is 2. The van der Waals surface area contributed by atoms with Crippen molar-refractivity contribution >= 4 is 5.91 Å². The third-order valence-corrected chi connectivity index (χ3v) is 4.17. The Morgan fingerprint density at radius 1 is 0.920 bits per heavy atom. The van der Waals surface area contributed by atoms with E-state index >= 15 is 0 Å². The molecular weight excluding hydrogens is 308 g/mol. The molecule has 0 spiro atoms. The molecule has 0 aliphatic rings. The molecule has 2 aromatic carbocycles. The van der Waals surface area contributed by atoms with Gasteiger partial charge in [0, 0.05) is 37.0 Å².